The first-order chi connectivity index (χ1) is 13.9. The van der Waals surface area contributed by atoms with E-state index in [1.54, 1.807) is 36.9 Å². The third-order valence-electron chi connectivity index (χ3n) is 4.43. The zero-order valence-corrected chi connectivity index (χ0v) is 17.2. The van der Waals surface area contributed by atoms with Gasteiger partial charge in [0.05, 0.1) is 4.90 Å². The second-order valence-electron chi connectivity index (χ2n) is 6.17. The zero-order valence-electron chi connectivity index (χ0n) is 16.4. The van der Waals surface area contributed by atoms with Gasteiger partial charge < -0.3 is 5.32 Å². The Labute approximate surface area is 169 Å². The predicted molar refractivity (Wildman–Crippen MR) is 108 cm³/mol. The number of hydrogen-bond donors (Lipinski definition) is 1. The van der Waals surface area contributed by atoms with Gasteiger partial charge >= 0.3 is 0 Å². The zero-order chi connectivity index (χ0) is 21.0. The first kappa shape index (κ1) is 20.6. The van der Waals surface area contributed by atoms with Crippen LogP contribution in [0.2, 0.25) is 0 Å². The summed E-state index contributed by atoms with van der Waals surface area (Å²) in [7, 11) is -3.57. The maximum atomic E-state index is 12.5. The Bertz CT molecular complexity index is 1100. The highest BCUT2D eigenvalue weighted by atomic mass is 32.2. The van der Waals surface area contributed by atoms with Gasteiger partial charge in [-0.3, -0.25) is 9.36 Å². The van der Waals surface area contributed by atoms with Crippen molar-refractivity contribution in [2.75, 3.05) is 18.4 Å². The number of nitrogens with zero attached hydrogens (tertiary/aromatic N) is 5. The minimum absolute atomic E-state index is 0.151. The molecule has 10 heteroatoms. The van der Waals surface area contributed by atoms with Crippen molar-refractivity contribution in [2.24, 2.45) is 0 Å². The van der Waals surface area contributed by atoms with Crippen LogP contribution in [0.1, 0.15) is 30.0 Å². The van der Waals surface area contributed by atoms with E-state index in [2.05, 4.69) is 20.3 Å². The van der Waals surface area contributed by atoms with Gasteiger partial charge in [-0.2, -0.15) is 4.31 Å². The lowest BCUT2D eigenvalue weighted by atomic mass is 10.2. The number of carbonyl (C=O) groups excluding carboxylic acids is 1. The van der Waals surface area contributed by atoms with E-state index in [0.717, 1.165) is 5.82 Å². The van der Waals surface area contributed by atoms with Gasteiger partial charge in [-0.15, -0.1) is 0 Å². The van der Waals surface area contributed by atoms with Crippen LogP contribution in [-0.2, 0) is 10.0 Å². The maximum Gasteiger partial charge on any atom is 0.256 e. The number of nitrogens with one attached hydrogen (secondary N) is 1. The molecule has 2 heterocycles. The predicted octanol–water partition coefficient (Wildman–Crippen LogP) is 2.25. The molecule has 152 valence electrons. The maximum absolute atomic E-state index is 12.5. The quantitative estimate of drug-likeness (QED) is 0.635. The molecular weight excluding hydrogens is 392 g/mol. The second kappa shape index (κ2) is 8.50. The minimum Gasteiger partial charge on any atom is -0.306 e. The van der Waals surface area contributed by atoms with Crippen molar-refractivity contribution in [3.63, 3.8) is 0 Å². The van der Waals surface area contributed by atoms with Crippen molar-refractivity contribution in [3.8, 4) is 5.82 Å². The Hall–Kier alpha value is -3.11. The Morgan fingerprint density at radius 1 is 1.10 bits per heavy atom. The van der Waals surface area contributed by atoms with Gasteiger partial charge in [-0.25, -0.2) is 23.4 Å². The summed E-state index contributed by atoms with van der Waals surface area (Å²) in [6.07, 6.45) is 4.77. The summed E-state index contributed by atoms with van der Waals surface area (Å²) >= 11 is 0. The molecule has 0 saturated carbocycles. The van der Waals surface area contributed by atoms with Gasteiger partial charge in [-0.1, -0.05) is 13.8 Å². The lowest BCUT2D eigenvalue weighted by Crippen LogP contribution is -2.30. The molecule has 3 rings (SSSR count). The molecule has 2 aromatic heterocycles. The molecular formula is C19H22N6O3S. The van der Waals surface area contributed by atoms with Gasteiger partial charge in [0.25, 0.3) is 5.91 Å². The molecule has 0 unspecified atom stereocenters. The Morgan fingerprint density at radius 2 is 1.79 bits per heavy atom. The fourth-order valence-corrected chi connectivity index (χ4v) is 4.30. The van der Waals surface area contributed by atoms with Crippen LogP contribution in [0.25, 0.3) is 5.82 Å². The molecule has 3 aromatic rings. The van der Waals surface area contributed by atoms with Gasteiger partial charge in [0.2, 0.25) is 10.0 Å². The molecule has 9 nitrogen and oxygen atoms in total. The molecule has 0 fully saturated rings. The van der Waals surface area contributed by atoms with Crippen molar-refractivity contribution < 1.29 is 13.2 Å². The minimum atomic E-state index is -3.57. The van der Waals surface area contributed by atoms with E-state index >= 15 is 0 Å². The number of aryl methyl sites for hydroxylation is 1. The lowest BCUT2D eigenvalue weighted by molar-refractivity contribution is 0.102. The van der Waals surface area contributed by atoms with Crippen LogP contribution in [0.4, 0.5) is 5.82 Å². The summed E-state index contributed by atoms with van der Waals surface area (Å²) < 4.78 is 28.2. The molecule has 0 aliphatic rings. The van der Waals surface area contributed by atoms with E-state index in [-0.39, 0.29) is 4.90 Å². The number of sulfonamides is 1. The van der Waals surface area contributed by atoms with Crippen LogP contribution >= 0.6 is 0 Å². The summed E-state index contributed by atoms with van der Waals surface area (Å²) in [5, 5.41) is 2.70. The Morgan fingerprint density at radius 3 is 2.38 bits per heavy atom. The molecule has 0 aliphatic heterocycles. The number of amides is 1. The average Bonchev–Trinajstić information content (AvgIpc) is 3.15. The van der Waals surface area contributed by atoms with Crippen LogP contribution < -0.4 is 5.32 Å². The number of anilines is 1. The number of carbonyl (C=O) groups is 1. The van der Waals surface area contributed by atoms with E-state index in [9.17, 15) is 13.2 Å². The van der Waals surface area contributed by atoms with E-state index in [0.29, 0.717) is 30.3 Å². The number of aromatic nitrogens is 4. The van der Waals surface area contributed by atoms with Crippen molar-refractivity contribution in [3.05, 3.63) is 60.4 Å². The summed E-state index contributed by atoms with van der Waals surface area (Å²) in [4.78, 5) is 25.1. The van der Waals surface area contributed by atoms with Gasteiger partial charge in [0.15, 0.2) is 0 Å². The summed E-state index contributed by atoms with van der Waals surface area (Å²) in [5.74, 6) is 1.26. The summed E-state index contributed by atoms with van der Waals surface area (Å²) in [6, 6.07) is 7.46. The molecule has 29 heavy (non-hydrogen) atoms. The number of imidazole rings is 1. The monoisotopic (exact) mass is 414 g/mol. The number of rotatable bonds is 7. The topological polar surface area (TPSA) is 110 Å². The molecule has 0 bridgehead atoms. The van der Waals surface area contributed by atoms with E-state index < -0.39 is 15.9 Å². The molecule has 0 aliphatic carbocycles. The van der Waals surface area contributed by atoms with Crippen molar-refractivity contribution in [2.45, 2.75) is 25.7 Å². The largest absolute Gasteiger partial charge is 0.306 e. The second-order valence-corrected chi connectivity index (χ2v) is 8.11. The van der Waals surface area contributed by atoms with Gasteiger partial charge in [0, 0.05) is 37.1 Å². The molecule has 0 atom stereocenters. The summed E-state index contributed by atoms with van der Waals surface area (Å²) in [5.41, 5.74) is 0.322. The third-order valence-corrected chi connectivity index (χ3v) is 6.49. The SMILES string of the molecule is CCN(CC)S(=O)(=O)c1ccc(C(=O)Nc2cc(-n3ccnc3C)ncn2)cc1. The highest BCUT2D eigenvalue weighted by Gasteiger charge is 2.21. The lowest BCUT2D eigenvalue weighted by Gasteiger charge is -2.18. The van der Waals surface area contributed by atoms with Gasteiger partial charge in [-0.05, 0) is 31.2 Å². The van der Waals surface area contributed by atoms with Crippen molar-refractivity contribution in [1.82, 2.24) is 23.8 Å². The first-order valence-electron chi connectivity index (χ1n) is 9.10. The van der Waals surface area contributed by atoms with E-state index in [4.69, 9.17) is 0 Å². The van der Waals surface area contributed by atoms with Crippen molar-refractivity contribution >= 4 is 21.7 Å². The molecule has 1 amide bonds. The van der Waals surface area contributed by atoms with E-state index in [1.807, 2.05) is 6.92 Å². The van der Waals surface area contributed by atoms with Crippen LogP contribution in [0.3, 0.4) is 0 Å². The smallest absolute Gasteiger partial charge is 0.256 e. The Balaban J connectivity index is 1.78. The highest BCUT2D eigenvalue weighted by molar-refractivity contribution is 7.89. The standard InChI is InChI=1S/C19H22N6O3S/c1-4-24(5-2)29(27,28)16-8-6-15(7-9-16)19(26)23-17-12-18(22-13-21-17)25-11-10-20-14(25)3/h6-13H,4-5H2,1-3H3,(H,21,22,23,26). The molecule has 0 spiro atoms. The molecule has 0 saturated heterocycles. The summed E-state index contributed by atoms with van der Waals surface area (Å²) in [6.45, 7) is 6.17. The fourth-order valence-electron chi connectivity index (χ4n) is 2.85. The van der Waals surface area contributed by atoms with Crippen LogP contribution in [0.15, 0.2) is 53.9 Å². The van der Waals surface area contributed by atoms with Crippen LogP contribution in [0.5, 0.6) is 0 Å². The normalized spacial score (nSPS) is 11.6. The molecule has 0 radical (unpaired) electrons. The highest BCUT2D eigenvalue weighted by Crippen LogP contribution is 2.17. The van der Waals surface area contributed by atoms with E-state index in [1.165, 1.54) is 34.9 Å². The molecule has 1 aromatic carbocycles. The number of hydrogen-bond acceptors (Lipinski definition) is 6. The van der Waals surface area contributed by atoms with Gasteiger partial charge in [0.1, 0.15) is 23.8 Å². The Kier molecular flexibility index (Phi) is 6.04. The molecule has 1 N–H and O–H groups in total. The van der Waals surface area contributed by atoms with Crippen molar-refractivity contribution in [1.29, 1.82) is 0 Å². The average molecular weight is 414 g/mol. The van der Waals surface area contributed by atoms with Crippen LogP contribution in [0, 0.1) is 6.92 Å². The first-order valence-corrected chi connectivity index (χ1v) is 10.5. The number of benzene rings is 1. The fraction of sp³-hybridized carbons (Fsp3) is 0.263. The van der Waals surface area contributed by atoms with Crippen LogP contribution in [-0.4, -0.2) is 51.2 Å². The third kappa shape index (κ3) is 4.33.